The summed E-state index contributed by atoms with van der Waals surface area (Å²) in [5.74, 6) is 1.65. The van der Waals surface area contributed by atoms with E-state index in [1.54, 1.807) is 13.1 Å². The van der Waals surface area contributed by atoms with Crippen molar-refractivity contribution in [3.05, 3.63) is 34.6 Å². The molecular formula is C22H27N7O3S. The molecule has 1 aliphatic rings. The minimum atomic E-state index is -0.352. The number of hydrogen-bond donors (Lipinski definition) is 2. The van der Waals surface area contributed by atoms with Crippen LogP contribution in [-0.4, -0.2) is 72.1 Å². The zero-order chi connectivity index (χ0) is 23.5. The predicted molar refractivity (Wildman–Crippen MR) is 128 cm³/mol. The third kappa shape index (κ3) is 5.04. The number of nitrogens with zero attached hydrogens (tertiary/aromatic N) is 5. The van der Waals surface area contributed by atoms with Crippen LogP contribution < -0.4 is 15.5 Å². The fourth-order valence-electron chi connectivity index (χ4n) is 3.64. The smallest absolute Gasteiger partial charge is 0.348 e. The van der Waals surface area contributed by atoms with E-state index in [-0.39, 0.29) is 11.9 Å². The second-order valence-corrected chi connectivity index (χ2v) is 8.98. The minimum absolute atomic E-state index is 0.00705. The van der Waals surface area contributed by atoms with Crippen molar-refractivity contribution < 1.29 is 14.3 Å². The van der Waals surface area contributed by atoms with E-state index in [0.717, 1.165) is 33.8 Å². The van der Waals surface area contributed by atoms with E-state index in [2.05, 4.69) is 20.6 Å². The van der Waals surface area contributed by atoms with Crippen LogP contribution >= 0.6 is 11.3 Å². The quantitative estimate of drug-likeness (QED) is 0.503. The predicted octanol–water partition coefficient (Wildman–Crippen LogP) is 2.31. The topological polar surface area (TPSA) is 113 Å². The number of pyridine rings is 1. The summed E-state index contributed by atoms with van der Waals surface area (Å²) in [4.78, 5) is 43.2. The van der Waals surface area contributed by atoms with E-state index in [9.17, 15) is 9.59 Å². The Bertz CT molecular complexity index is 1180. The largest absolute Gasteiger partial charge is 0.462 e. The lowest BCUT2D eigenvalue weighted by Crippen LogP contribution is -2.48. The lowest BCUT2D eigenvalue weighted by molar-refractivity contribution is -0.120. The molecule has 33 heavy (non-hydrogen) atoms. The number of carbonyl (C=O) groups excluding carboxylic acids is 2. The van der Waals surface area contributed by atoms with Crippen molar-refractivity contribution in [1.82, 2.24) is 25.2 Å². The van der Waals surface area contributed by atoms with Crippen LogP contribution in [0.15, 0.2) is 18.3 Å². The number of thiophene rings is 1. The van der Waals surface area contributed by atoms with Crippen LogP contribution in [0.2, 0.25) is 0 Å². The SMILES string of the molecule is CCOC(=O)c1sc2nc(CN(C)C)nc(Nc3ccc(N4CCNC(=O)C4)nc3)c2c1C. The van der Waals surface area contributed by atoms with Gasteiger partial charge in [0, 0.05) is 13.1 Å². The average molecular weight is 470 g/mol. The van der Waals surface area contributed by atoms with Gasteiger partial charge in [-0.3, -0.25) is 4.79 Å². The number of rotatable bonds is 7. The van der Waals surface area contributed by atoms with Crippen molar-refractivity contribution in [3.63, 3.8) is 0 Å². The molecule has 1 amide bonds. The van der Waals surface area contributed by atoms with Gasteiger partial charge < -0.3 is 25.2 Å². The second kappa shape index (κ2) is 9.67. The number of nitrogens with one attached hydrogen (secondary N) is 2. The van der Waals surface area contributed by atoms with Gasteiger partial charge in [-0.1, -0.05) is 0 Å². The molecule has 2 N–H and O–H groups in total. The third-order valence-electron chi connectivity index (χ3n) is 5.13. The van der Waals surface area contributed by atoms with Gasteiger partial charge in [-0.25, -0.2) is 19.7 Å². The number of piperazine rings is 1. The first-order valence-electron chi connectivity index (χ1n) is 10.7. The summed E-state index contributed by atoms with van der Waals surface area (Å²) in [5.41, 5.74) is 1.54. The Morgan fingerprint density at radius 1 is 1.33 bits per heavy atom. The average Bonchev–Trinajstić information content (AvgIpc) is 3.10. The molecule has 10 nitrogen and oxygen atoms in total. The monoisotopic (exact) mass is 469 g/mol. The lowest BCUT2D eigenvalue weighted by atomic mass is 10.2. The van der Waals surface area contributed by atoms with E-state index < -0.39 is 0 Å². The highest BCUT2D eigenvalue weighted by molar-refractivity contribution is 7.20. The molecule has 3 aromatic rings. The van der Waals surface area contributed by atoms with Crippen molar-refractivity contribution in [2.75, 3.05) is 50.6 Å². The van der Waals surface area contributed by atoms with E-state index in [1.165, 1.54) is 11.3 Å². The Kier molecular flexibility index (Phi) is 6.70. The molecule has 1 aliphatic heterocycles. The highest BCUT2D eigenvalue weighted by Gasteiger charge is 2.22. The number of fused-ring (bicyclic) bond motifs is 1. The molecule has 0 unspecified atom stereocenters. The molecule has 11 heteroatoms. The summed E-state index contributed by atoms with van der Waals surface area (Å²) < 4.78 is 5.22. The maximum absolute atomic E-state index is 12.4. The molecule has 0 aromatic carbocycles. The Labute approximate surface area is 196 Å². The standard InChI is InChI=1S/C22H27N7O3S/c1-5-32-22(31)19-13(2)18-20(26-15(11-28(3)4)27-21(18)33-19)25-14-6-7-16(24-10-14)29-9-8-23-17(30)12-29/h6-7,10H,5,8-9,11-12H2,1-4H3,(H,23,30)(H,25,26,27). The highest BCUT2D eigenvalue weighted by Crippen LogP contribution is 2.35. The third-order valence-corrected chi connectivity index (χ3v) is 6.29. The van der Waals surface area contributed by atoms with Crippen LogP contribution in [0.1, 0.15) is 28.0 Å². The molecule has 4 rings (SSSR count). The molecule has 3 aromatic heterocycles. The van der Waals surface area contributed by atoms with E-state index in [1.807, 2.05) is 43.0 Å². The van der Waals surface area contributed by atoms with Crippen LogP contribution in [0.4, 0.5) is 17.3 Å². The van der Waals surface area contributed by atoms with Crippen molar-refractivity contribution in [1.29, 1.82) is 0 Å². The summed E-state index contributed by atoms with van der Waals surface area (Å²) in [6, 6.07) is 3.78. The molecule has 1 fully saturated rings. The van der Waals surface area contributed by atoms with Gasteiger partial charge in [-0.2, -0.15) is 0 Å². The molecule has 0 spiro atoms. The van der Waals surface area contributed by atoms with Crippen LogP contribution in [0.25, 0.3) is 10.2 Å². The Hall–Kier alpha value is -3.31. The van der Waals surface area contributed by atoms with E-state index in [0.29, 0.717) is 42.8 Å². The van der Waals surface area contributed by atoms with Gasteiger partial charge in [0.15, 0.2) is 0 Å². The fourth-order valence-corrected chi connectivity index (χ4v) is 4.73. The zero-order valence-electron chi connectivity index (χ0n) is 19.1. The first-order valence-corrected chi connectivity index (χ1v) is 11.5. The number of aromatic nitrogens is 3. The number of hydrogen-bond acceptors (Lipinski definition) is 10. The van der Waals surface area contributed by atoms with Crippen LogP contribution in [-0.2, 0) is 16.1 Å². The van der Waals surface area contributed by atoms with Crippen molar-refractivity contribution in [2.45, 2.75) is 20.4 Å². The first-order chi connectivity index (χ1) is 15.9. The van der Waals surface area contributed by atoms with Gasteiger partial charge in [0.2, 0.25) is 5.91 Å². The Morgan fingerprint density at radius 3 is 2.82 bits per heavy atom. The van der Waals surface area contributed by atoms with Crippen LogP contribution in [0.3, 0.4) is 0 Å². The molecule has 0 radical (unpaired) electrons. The fraction of sp³-hybridized carbons (Fsp3) is 0.409. The molecule has 0 atom stereocenters. The Balaban J connectivity index is 1.68. The molecule has 4 heterocycles. The molecule has 0 saturated carbocycles. The normalized spacial score (nSPS) is 14.0. The maximum atomic E-state index is 12.4. The van der Waals surface area contributed by atoms with Gasteiger partial charge in [-0.15, -0.1) is 11.3 Å². The first kappa shape index (κ1) is 22.9. The number of ether oxygens (including phenoxy) is 1. The van der Waals surface area contributed by atoms with Gasteiger partial charge in [0.25, 0.3) is 0 Å². The number of aryl methyl sites for hydroxylation is 1. The van der Waals surface area contributed by atoms with Crippen LogP contribution in [0, 0.1) is 6.92 Å². The summed E-state index contributed by atoms with van der Waals surface area (Å²) in [6.07, 6.45) is 1.72. The van der Waals surface area contributed by atoms with Crippen molar-refractivity contribution in [2.24, 2.45) is 0 Å². The molecular weight excluding hydrogens is 442 g/mol. The second-order valence-electron chi connectivity index (χ2n) is 7.98. The Morgan fingerprint density at radius 2 is 2.15 bits per heavy atom. The van der Waals surface area contributed by atoms with Gasteiger partial charge >= 0.3 is 5.97 Å². The molecule has 0 bridgehead atoms. The van der Waals surface area contributed by atoms with Crippen molar-refractivity contribution >= 4 is 50.8 Å². The number of anilines is 3. The van der Waals surface area contributed by atoms with Gasteiger partial charge in [-0.05, 0) is 45.6 Å². The summed E-state index contributed by atoms with van der Waals surface area (Å²) in [5, 5.41) is 6.96. The van der Waals surface area contributed by atoms with Gasteiger partial charge in [0.1, 0.15) is 27.2 Å². The van der Waals surface area contributed by atoms with Crippen molar-refractivity contribution in [3.8, 4) is 0 Å². The van der Waals surface area contributed by atoms with E-state index in [4.69, 9.17) is 9.72 Å². The lowest BCUT2D eigenvalue weighted by Gasteiger charge is -2.27. The number of esters is 1. The van der Waals surface area contributed by atoms with Gasteiger partial charge in [0.05, 0.1) is 37.0 Å². The summed E-state index contributed by atoms with van der Waals surface area (Å²) in [7, 11) is 3.90. The van der Waals surface area contributed by atoms with Crippen LogP contribution in [0.5, 0.6) is 0 Å². The molecule has 174 valence electrons. The molecule has 1 saturated heterocycles. The maximum Gasteiger partial charge on any atom is 0.348 e. The number of carbonyl (C=O) groups is 2. The number of amides is 1. The minimum Gasteiger partial charge on any atom is -0.462 e. The molecule has 0 aliphatic carbocycles. The highest BCUT2D eigenvalue weighted by atomic mass is 32.1. The zero-order valence-corrected chi connectivity index (χ0v) is 20.0. The van der Waals surface area contributed by atoms with E-state index >= 15 is 0 Å². The summed E-state index contributed by atoms with van der Waals surface area (Å²) in [6.45, 7) is 6.16. The summed E-state index contributed by atoms with van der Waals surface area (Å²) >= 11 is 1.32.